The fraction of sp³-hybridized carbons (Fsp3) is 0.176. The molecule has 0 aliphatic carbocycles. The summed E-state index contributed by atoms with van der Waals surface area (Å²) in [7, 11) is 0. The fourth-order valence-corrected chi connectivity index (χ4v) is 1.58. The summed E-state index contributed by atoms with van der Waals surface area (Å²) >= 11 is 5.07. The molecule has 1 nitrogen and oxygen atoms in total. The molecule has 2 aromatic carbocycles. The summed E-state index contributed by atoms with van der Waals surface area (Å²) in [5, 5.41) is 0. The van der Waals surface area contributed by atoms with Gasteiger partial charge in [0, 0.05) is 5.88 Å². The van der Waals surface area contributed by atoms with Crippen LogP contribution in [0.5, 0.6) is 0 Å². The van der Waals surface area contributed by atoms with Crippen LogP contribution in [0, 0.1) is 0 Å². The molecule has 0 aliphatic heterocycles. The first-order valence-corrected chi connectivity index (χ1v) is 6.65. The first-order chi connectivity index (χ1) is 8.86. The van der Waals surface area contributed by atoms with E-state index in [-0.39, 0.29) is 6.15 Å². The molecule has 0 bridgehead atoms. The van der Waals surface area contributed by atoms with Gasteiger partial charge in [-0.2, -0.15) is 0 Å². The van der Waals surface area contributed by atoms with E-state index in [1.54, 1.807) is 6.08 Å². The van der Waals surface area contributed by atoms with Crippen molar-refractivity contribution >= 4 is 11.6 Å². The lowest BCUT2D eigenvalue weighted by Gasteiger charge is -2.01. The molecule has 0 spiro atoms. The van der Waals surface area contributed by atoms with Gasteiger partial charge in [-0.3, -0.25) is 0 Å². The first kappa shape index (κ1) is 17.4. The number of aryl methyl sites for hydroxylation is 2. The Morgan fingerprint density at radius 3 is 1.37 bits per heavy atom. The van der Waals surface area contributed by atoms with Crippen molar-refractivity contribution in [2.45, 2.75) is 12.8 Å². The predicted molar refractivity (Wildman–Crippen MR) is 86.2 cm³/mol. The van der Waals surface area contributed by atoms with E-state index in [0.717, 1.165) is 12.8 Å². The monoisotopic (exact) mass is 275 g/mol. The van der Waals surface area contributed by atoms with E-state index >= 15 is 0 Å². The third kappa shape index (κ3) is 8.20. The molecule has 0 fully saturated rings. The standard InChI is InChI=1S/C14H14.C3H5Cl.H3N/c1-3-7-13(8-4-1)11-12-14-9-5-2-6-10-14;1-2-3-4;/h1-10H,11-12H2;2H,1,3H2;1H3. The number of halogens is 1. The van der Waals surface area contributed by atoms with Gasteiger partial charge in [0.15, 0.2) is 0 Å². The van der Waals surface area contributed by atoms with Crippen molar-refractivity contribution in [2.24, 2.45) is 0 Å². The van der Waals surface area contributed by atoms with E-state index in [2.05, 4.69) is 67.2 Å². The molecule has 0 aliphatic rings. The zero-order valence-corrected chi connectivity index (χ0v) is 12.0. The maximum Gasteiger partial charge on any atom is 0.0401 e. The smallest absolute Gasteiger partial charge is 0.0401 e. The maximum atomic E-state index is 5.07. The second-order valence-corrected chi connectivity index (χ2v) is 4.22. The molecule has 0 amide bonds. The molecular weight excluding hydrogens is 254 g/mol. The Bertz CT molecular complexity index is 386. The van der Waals surface area contributed by atoms with Gasteiger partial charge in [-0.15, -0.1) is 18.2 Å². The number of hydrogen-bond donors (Lipinski definition) is 1. The molecule has 0 atom stereocenters. The van der Waals surface area contributed by atoms with Gasteiger partial charge in [-0.1, -0.05) is 66.7 Å². The van der Waals surface area contributed by atoms with E-state index in [1.165, 1.54) is 11.1 Å². The van der Waals surface area contributed by atoms with Crippen LogP contribution >= 0.6 is 11.6 Å². The molecule has 102 valence electrons. The lowest BCUT2D eigenvalue weighted by molar-refractivity contribution is 0.960. The first-order valence-electron chi connectivity index (χ1n) is 6.11. The van der Waals surface area contributed by atoms with E-state index in [1.807, 2.05) is 0 Å². The van der Waals surface area contributed by atoms with E-state index < -0.39 is 0 Å². The molecule has 0 unspecified atom stereocenters. The molecule has 19 heavy (non-hydrogen) atoms. The van der Waals surface area contributed by atoms with Crippen molar-refractivity contribution in [3.8, 4) is 0 Å². The van der Waals surface area contributed by atoms with Crippen LogP contribution in [0.4, 0.5) is 0 Å². The van der Waals surface area contributed by atoms with E-state index in [4.69, 9.17) is 11.6 Å². The summed E-state index contributed by atoms with van der Waals surface area (Å²) in [6.07, 6.45) is 3.90. The van der Waals surface area contributed by atoms with Crippen molar-refractivity contribution in [1.82, 2.24) is 6.15 Å². The Kier molecular flexibility index (Phi) is 10.6. The molecule has 3 N–H and O–H groups in total. The summed E-state index contributed by atoms with van der Waals surface area (Å²) in [6.45, 7) is 3.35. The Morgan fingerprint density at radius 1 is 0.789 bits per heavy atom. The van der Waals surface area contributed by atoms with Gasteiger partial charge < -0.3 is 6.15 Å². The van der Waals surface area contributed by atoms with Crippen LogP contribution < -0.4 is 6.15 Å². The second-order valence-electron chi connectivity index (χ2n) is 3.91. The third-order valence-corrected chi connectivity index (χ3v) is 2.72. The molecule has 2 rings (SSSR count). The van der Waals surface area contributed by atoms with Gasteiger partial charge >= 0.3 is 0 Å². The number of allylic oxidation sites excluding steroid dienone is 1. The van der Waals surface area contributed by atoms with Gasteiger partial charge in [0.1, 0.15) is 0 Å². The lowest BCUT2D eigenvalue weighted by Crippen LogP contribution is -1.89. The second kappa shape index (κ2) is 11.5. The normalized spacial score (nSPS) is 8.68. The largest absolute Gasteiger partial charge is 0.344 e. The molecule has 0 saturated heterocycles. The quantitative estimate of drug-likeness (QED) is 0.615. The molecule has 0 radical (unpaired) electrons. The Morgan fingerprint density at radius 2 is 1.11 bits per heavy atom. The van der Waals surface area contributed by atoms with Gasteiger partial charge in [0.2, 0.25) is 0 Å². The topological polar surface area (TPSA) is 35.0 Å². The van der Waals surface area contributed by atoms with Crippen molar-refractivity contribution in [3.05, 3.63) is 84.4 Å². The van der Waals surface area contributed by atoms with Gasteiger partial charge in [-0.25, -0.2) is 0 Å². The summed E-state index contributed by atoms with van der Waals surface area (Å²) in [5.74, 6) is 0.556. The van der Waals surface area contributed by atoms with Gasteiger partial charge in [-0.05, 0) is 24.0 Å². The Labute approximate surface area is 121 Å². The SMILES string of the molecule is C=CCCl.N.c1ccc(CCc2ccccc2)cc1. The summed E-state index contributed by atoms with van der Waals surface area (Å²) in [6, 6.07) is 21.2. The summed E-state index contributed by atoms with van der Waals surface area (Å²) in [5.41, 5.74) is 2.83. The van der Waals surface area contributed by atoms with Gasteiger partial charge in [0.25, 0.3) is 0 Å². The van der Waals surface area contributed by atoms with Crippen LogP contribution in [0.25, 0.3) is 0 Å². The van der Waals surface area contributed by atoms with Crippen LogP contribution in [0.15, 0.2) is 73.3 Å². The highest BCUT2D eigenvalue weighted by Gasteiger charge is 1.93. The highest BCUT2D eigenvalue weighted by molar-refractivity contribution is 6.18. The highest BCUT2D eigenvalue weighted by Crippen LogP contribution is 2.06. The zero-order valence-electron chi connectivity index (χ0n) is 11.3. The molecular formula is C17H22ClN. The summed E-state index contributed by atoms with van der Waals surface area (Å²) in [4.78, 5) is 0. The predicted octanol–water partition coefficient (Wildman–Crippen LogP) is 5.05. The van der Waals surface area contributed by atoms with Crippen molar-refractivity contribution < 1.29 is 0 Å². The van der Waals surface area contributed by atoms with Crippen molar-refractivity contribution in [2.75, 3.05) is 5.88 Å². The molecule has 0 saturated carbocycles. The number of alkyl halides is 1. The zero-order chi connectivity index (χ0) is 13.1. The molecule has 2 heteroatoms. The minimum Gasteiger partial charge on any atom is -0.344 e. The average Bonchev–Trinajstić information content (AvgIpc) is 2.47. The minimum atomic E-state index is 0. The van der Waals surface area contributed by atoms with Crippen LogP contribution in [-0.4, -0.2) is 5.88 Å². The van der Waals surface area contributed by atoms with Crippen LogP contribution in [0.3, 0.4) is 0 Å². The van der Waals surface area contributed by atoms with Gasteiger partial charge in [0.05, 0.1) is 0 Å². The van der Waals surface area contributed by atoms with Crippen molar-refractivity contribution in [3.63, 3.8) is 0 Å². The van der Waals surface area contributed by atoms with Crippen LogP contribution in [-0.2, 0) is 12.8 Å². The average molecular weight is 276 g/mol. The summed E-state index contributed by atoms with van der Waals surface area (Å²) < 4.78 is 0. The van der Waals surface area contributed by atoms with E-state index in [9.17, 15) is 0 Å². The highest BCUT2D eigenvalue weighted by atomic mass is 35.5. The molecule has 0 aromatic heterocycles. The fourth-order valence-electron chi connectivity index (χ4n) is 1.58. The minimum absolute atomic E-state index is 0. The lowest BCUT2D eigenvalue weighted by atomic mass is 10.0. The van der Waals surface area contributed by atoms with E-state index in [0.29, 0.717) is 5.88 Å². The molecule has 2 aromatic rings. The Hall–Kier alpha value is -1.57. The van der Waals surface area contributed by atoms with Crippen LogP contribution in [0.1, 0.15) is 11.1 Å². The number of benzene rings is 2. The third-order valence-electron chi connectivity index (χ3n) is 2.50. The molecule has 0 heterocycles. The Balaban J connectivity index is 0.000000576. The van der Waals surface area contributed by atoms with Crippen molar-refractivity contribution in [1.29, 1.82) is 0 Å². The van der Waals surface area contributed by atoms with Crippen LogP contribution in [0.2, 0.25) is 0 Å². The maximum absolute atomic E-state index is 5.07. The number of rotatable bonds is 4. The number of hydrogen-bond acceptors (Lipinski definition) is 1.